The molecule has 5 nitrogen and oxygen atoms in total. The maximum absolute atomic E-state index is 12.1. The molecule has 3 unspecified atom stereocenters. The van der Waals surface area contributed by atoms with Crippen LogP contribution in [-0.2, 0) is 10.0 Å². The highest BCUT2D eigenvalue weighted by Gasteiger charge is 2.32. The minimum atomic E-state index is -3.16. The van der Waals surface area contributed by atoms with Crippen LogP contribution >= 0.6 is 0 Å². The Morgan fingerprint density at radius 3 is 2.41 bits per heavy atom. The highest BCUT2D eigenvalue weighted by Crippen LogP contribution is 2.26. The lowest BCUT2D eigenvalue weighted by molar-refractivity contribution is 0.00831. The number of sulfonamides is 1. The van der Waals surface area contributed by atoms with E-state index in [0.29, 0.717) is 0 Å². The maximum Gasteiger partial charge on any atom is 0.212 e. The average molecular weight is 333 g/mol. The topological polar surface area (TPSA) is 69.6 Å². The smallest absolute Gasteiger partial charge is 0.212 e. The summed E-state index contributed by atoms with van der Waals surface area (Å²) in [6.45, 7) is 5.77. The number of rotatable bonds is 6. The molecule has 0 bridgehead atoms. The third-order valence-electron chi connectivity index (χ3n) is 5.24. The number of piperidine rings is 1. The lowest BCUT2D eigenvalue weighted by atomic mass is 9.90. The number of aliphatic hydroxyl groups is 1. The Morgan fingerprint density at radius 2 is 1.82 bits per heavy atom. The van der Waals surface area contributed by atoms with Gasteiger partial charge in [0.25, 0.3) is 0 Å². The molecule has 0 spiro atoms. The molecule has 2 aliphatic rings. The van der Waals surface area contributed by atoms with Crippen molar-refractivity contribution in [3.8, 4) is 0 Å². The van der Waals surface area contributed by atoms with Crippen LogP contribution in [0.3, 0.4) is 0 Å². The van der Waals surface area contributed by atoms with Crippen molar-refractivity contribution in [3.63, 3.8) is 0 Å². The van der Waals surface area contributed by atoms with Gasteiger partial charge >= 0.3 is 0 Å². The normalized spacial score (nSPS) is 30.3. The Kier molecular flexibility index (Phi) is 6.68. The van der Waals surface area contributed by atoms with Crippen LogP contribution in [0.15, 0.2) is 0 Å². The molecular weight excluding hydrogens is 300 g/mol. The summed E-state index contributed by atoms with van der Waals surface area (Å²) < 4.78 is 27.2. The highest BCUT2D eigenvalue weighted by atomic mass is 32.2. The third kappa shape index (κ3) is 5.18. The van der Waals surface area contributed by atoms with Crippen LogP contribution in [-0.4, -0.2) is 55.5 Å². The van der Waals surface area contributed by atoms with E-state index in [-0.39, 0.29) is 29.9 Å². The van der Waals surface area contributed by atoms with E-state index in [1.807, 2.05) is 13.8 Å². The Labute approximate surface area is 135 Å². The monoisotopic (exact) mass is 332 g/mol. The average Bonchev–Trinajstić information content (AvgIpc) is 2.48. The summed E-state index contributed by atoms with van der Waals surface area (Å²) in [4.78, 5) is 2.36. The largest absolute Gasteiger partial charge is 0.391 e. The molecule has 0 aromatic carbocycles. The van der Waals surface area contributed by atoms with Crippen molar-refractivity contribution in [2.75, 3.05) is 18.8 Å². The summed E-state index contributed by atoms with van der Waals surface area (Å²) in [5.41, 5.74) is 0. The van der Waals surface area contributed by atoms with Crippen LogP contribution < -0.4 is 4.72 Å². The lowest BCUT2D eigenvalue weighted by Crippen LogP contribution is -2.52. The van der Waals surface area contributed by atoms with Crippen molar-refractivity contribution >= 4 is 10.0 Å². The number of nitrogens with zero attached hydrogens (tertiary/aromatic N) is 1. The first-order valence-electron chi connectivity index (χ1n) is 8.83. The Bertz CT molecular complexity index is 433. The van der Waals surface area contributed by atoms with Crippen molar-refractivity contribution in [2.45, 2.75) is 77.0 Å². The van der Waals surface area contributed by atoms with Crippen LogP contribution in [0.2, 0.25) is 0 Å². The van der Waals surface area contributed by atoms with Gasteiger partial charge in [0.2, 0.25) is 10.0 Å². The molecular formula is C16H32N2O3S. The first-order chi connectivity index (χ1) is 10.4. The number of likely N-dealkylation sites (tertiary alicyclic amines) is 1. The molecule has 2 N–H and O–H groups in total. The fourth-order valence-electron chi connectivity index (χ4n) is 3.66. The molecule has 0 radical (unpaired) electrons. The zero-order valence-electron chi connectivity index (χ0n) is 14.0. The molecule has 0 aromatic heterocycles. The molecule has 1 aliphatic carbocycles. The predicted molar refractivity (Wildman–Crippen MR) is 89.2 cm³/mol. The van der Waals surface area contributed by atoms with Crippen LogP contribution in [0.25, 0.3) is 0 Å². The van der Waals surface area contributed by atoms with Gasteiger partial charge in [0.15, 0.2) is 0 Å². The molecule has 130 valence electrons. The van der Waals surface area contributed by atoms with Crippen molar-refractivity contribution < 1.29 is 13.5 Å². The highest BCUT2D eigenvalue weighted by molar-refractivity contribution is 7.89. The van der Waals surface area contributed by atoms with Gasteiger partial charge < -0.3 is 5.11 Å². The fraction of sp³-hybridized carbons (Fsp3) is 1.00. The summed E-state index contributed by atoms with van der Waals surface area (Å²) in [6, 6.07) is 0.345. The minimum Gasteiger partial charge on any atom is -0.391 e. The van der Waals surface area contributed by atoms with E-state index in [1.165, 1.54) is 6.42 Å². The maximum atomic E-state index is 12.1. The third-order valence-corrected chi connectivity index (χ3v) is 6.94. The van der Waals surface area contributed by atoms with Crippen molar-refractivity contribution in [1.29, 1.82) is 0 Å². The standard InChI is InChI=1S/C16H32N2O3S/c1-3-13(2)12-22(20,21)17-14-8-10-18(11-9-14)15-6-4-5-7-16(15)19/h13-17,19H,3-12H2,1-2H3. The first-order valence-corrected chi connectivity index (χ1v) is 10.5. The van der Waals surface area contributed by atoms with E-state index >= 15 is 0 Å². The predicted octanol–water partition coefficient (Wildman–Crippen LogP) is 1.72. The number of hydrogen-bond acceptors (Lipinski definition) is 4. The van der Waals surface area contributed by atoms with Gasteiger partial charge in [-0.25, -0.2) is 13.1 Å². The zero-order valence-corrected chi connectivity index (χ0v) is 14.8. The van der Waals surface area contributed by atoms with Crippen molar-refractivity contribution in [2.24, 2.45) is 5.92 Å². The molecule has 0 aromatic rings. The minimum absolute atomic E-state index is 0.0611. The van der Waals surface area contributed by atoms with E-state index in [0.717, 1.165) is 51.6 Å². The van der Waals surface area contributed by atoms with Crippen molar-refractivity contribution in [3.05, 3.63) is 0 Å². The molecule has 1 heterocycles. The molecule has 2 rings (SSSR count). The number of nitrogens with one attached hydrogen (secondary N) is 1. The van der Waals surface area contributed by atoms with Gasteiger partial charge in [0.05, 0.1) is 11.9 Å². The summed E-state index contributed by atoms with van der Waals surface area (Å²) in [5, 5.41) is 10.1. The number of aliphatic hydroxyl groups excluding tert-OH is 1. The molecule has 3 atom stereocenters. The quantitative estimate of drug-likeness (QED) is 0.777. The zero-order chi connectivity index (χ0) is 16.2. The Morgan fingerprint density at radius 1 is 1.18 bits per heavy atom. The molecule has 1 saturated heterocycles. The molecule has 2 fully saturated rings. The summed E-state index contributed by atoms with van der Waals surface area (Å²) in [7, 11) is -3.16. The van der Waals surface area contributed by atoms with E-state index in [4.69, 9.17) is 0 Å². The van der Waals surface area contributed by atoms with Crippen LogP contribution in [0.4, 0.5) is 0 Å². The van der Waals surface area contributed by atoms with Crippen molar-refractivity contribution in [1.82, 2.24) is 9.62 Å². The fourth-order valence-corrected chi connectivity index (χ4v) is 5.49. The van der Waals surface area contributed by atoms with E-state index in [9.17, 15) is 13.5 Å². The van der Waals surface area contributed by atoms with E-state index in [2.05, 4.69) is 9.62 Å². The summed E-state index contributed by atoms with van der Waals surface area (Å²) in [6.07, 6.45) is 6.70. The van der Waals surface area contributed by atoms with Gasteiger partial charge in [0.1, 0.15) is 0 Å². The SMILES string of the molecule is CCC(C)CS(=O)(=O)NC1CCN(C2CCCCC2O)CC1. The number of hydrogen-bond donors (Lipinski definition) is 2. The first kappa shape index (κ1) is 18.2. The molecule has 6 heteroatoms. The lowest BCUT2D eigenvalue weighted by Gasteiger charge is -2.41. The van der Waals surface area contributed by atoms with Gasteiger partial charge in [-0.2, -0.15) is 0 Å². The summed E-state index contributed by atoms with van der Waals surface area (Å²) in [5.74, 6) is 0.431. The Balaban J connectivity index is 1.79. The van der Waals surface area contributed by atoms with Gasteiger partial charge in [-0.05, 0) is 31.6 Å². The van der Waals surface area contributed by atoms with E-state index in [1.54, 1.807) is 0 Å². The van der Waals surface area contributed by atoms with Crippen LogP contribution in [0.5, 0.6) is 0 Å². The van der Waals surface area contributed by atoms with Gasteiger partial charge in [0, 0.05) is 25.2 Å². The molecule has 22 heavy (non-hydrogen) atoms. The Hall–Kier alpha value is -0.170. The van der Waals surface area contributed by atoms with Crippen LogP contribution in [0, 0.1) is 5.92 Å². The summed E-state index contributed by atoms with van der Waals surface area (Å²) >= 11 is 0. The van der Waals surface area contributed by atoms with Gasteiger partial charge in [-0.3, -0.25) is 4.90 Å². The molecule has 1 aliphatic heterocycles. The van der Waals surface area contributed by atoms with E-state index < -0.39 is 10.0 Å². The second-order valence-electron chi connectivity index (χ2n) is 7.14. The second kappa shape index (κ2) is 8.08. The van der Waals surface area contributed by atoms with Crippen LogP contribution in [0.1, 0.15) is 58.8 Å². The van der Waals surface area contributed by atoms with Gasteiger partial charge in [-0.15, -0.1) is 0 Å². The second-order valence-corrected chi connectivity index (χ2v) is 8.94. The van der Waals surface area contributed by atoms with Gasteiger partial charge in [-0.1, -0.05) is 33.1 Å². The molecule has 0 amide bonds. The molecule has 1 saturated carbocycles.